The van der Waals surface area contributed by atoms with E-state index in [0.717, 1.165) is 24.8 Å². The Morgan fingerprint density at radius 1 is 1.10 bits per heavy atom. The van der Waals surface area contributed by atoms with Crippen LogP contribution in [0.4, 0.5) is 0 Å². The number of hydrogen-bond acceptors (Lipinski definition) is 4. The van der Waals surface area contributed by atoms with Crippen molar-refractivity contribution in [1.82, 2.24) is 9.62 Å². The molecular weight excluding hydrogens is 436 g/mol. The smallest absolute Gasteiger partial charge is 0.287 e. The van der Waals surface area contributed by atoms with Crippen LogP contribution in [0.5, 0.6) is 0 Å². The molecule has 2 aromatic carbocycles. The highest BCUT2D eigenvalue weighted by Gasteiger charge is 2.27. The summed E-state index contributed by atoms with van der Waals surface area (Å²) in [4.78, 5) is 12.9. The molecule has 1 fully saturated rings. The first-order chi connectivity index (χ1) is 14.9. The highest BCUT2D eigenvalue weighted by Crippen LogP contribution is 2.29. The average Bonchev–Trinajstić information content (AvgIpc) is 3.12. The highest BCUT2D eigenvalue weighted by atomic mass is 35.5. The minimum Gasteiger partial charge on any atom is -0.451 e. The zero-order chi connectivity index (χ0) is 22.0. The maximum Gasteiger partial charge on any atom is 0.287 e. The van der Waals surface area contributed by atoms with Gasteiger partial charge in [0.25, 0.3) is 5.91 Å². The van der Waals surface area contributed by atoms with Crippen LogP contribution < -0.4 is 5.32 Å². The van der Waals surface area contributed by atoms with Crippen LogP contribution in [0.1, 0.15) is 40.9 Å². The van der Waals surface area contributed by atoms with Crippen molar-refractivity contribution in [3.05, 3.63) is 64.4 Å². The monoisotopic (exact) mass is 460 g/mol. The first-order valence-electron chi connectivity index (χ1n) is 10.4. The van der Waals surface area contributed by atoms with E-state index in [4.69, 9.17) is 16.0 Å². The first-order valence-corrected chi connectivity index (χ1v) is 12.2. The number of rotatable bonds is 6. The summed E-state index contributed by atoms with van der Waals surface area (Å²) < 4.78 is 33.3. The molecule has 0 radical (unpaired) electrons. The van der Waals surface area contributed by atoms with Crippen LogP contribution in [-0.4, -0.2) is 38.3 Å². The zero-order valence-corrected chi connectivity index (χ0v) is 18.9. The lowest BCUT2D eigenvalue weighted by Crippen LogP contribution is -2.35. The first kappa shape index (κ1) is 21.9. The lowest BCUT2D eigenvalue weighted by molar-refractivity contribution is 0.0927. The number of carbonyl (C=O) groups excluding carboxylic acids is 1. The standard InChI is InChI=1S/C23H25ClN2O4S/c1-16-20-15-19(31(28,29)26-13-3-2-4-14-26)9-10-21(20)30-22(16)23(27)25-12-11-17-5-7-18(24)8-6-17/h5-10,15H,2-4,11-14H2,1H3,(H,25,27). The van der Waals surface area contributed by atoms with E-state index in [1.807, 2.05) is 24.3 Å². The van der Waals surface area contributed by atoms with E-state index in [1.54, 1.807) is 25.1 Å². The van der Waals surface area contributed by atoms with Gasteiger partial charge in [-0.3, -0.25) is 4.79 Å². The number of halogens is 1. The molecule has 2 heterocycles. The third-order valence-corrected chi connectivity index (χ3v) is 7.83. The number of aryl methyl sites for hydroxylation is 1. The summed E-state index contributed by atoms with van der Waals surface area (Å²) in [7, 11) is -3.55. The lowest BCUT2D eigenvalue weighted by atomic mass is 10.1. The molecule has 1 aromatic heterocycles. The van der Waals surface area contributed by atoms with E-state index >= 15 is 0 Å². The molecule has 31 heavy (non-hydrogen) atoms. The molecule has 6 nitrogen and oxygen atoms in total. The zero-order valence-electron chi connectivity index (χ0n) is 17.4. The van der Waals surface area contributed by atoms with Gasteiger partial charge in [-0.1, -0.05) is 30.2 Å². The number of hydrogen-bond donors (Lipinski definition) is 1. The van der Waals surface area contributed by atoms with Gasteiger partial charge in [-0.25, -0.2) is 8.42 Å². The Kier molecular flexibility index (Phi) is 6.36. The molecule has 1 saturated heterocycles. The second-order valence-electron chi connectivity index (χ2n) is 7.81. The molecule has 0 aliphatic carbocycles. The molecule has 8 heteroatoms. The topological polar surface area (TPSA) is 79.6 Å². The SMILES string of the molecule is Cc1c(C(=O)NCCc2ccc(Cl)cc2)oc2ccc(S(=O)(=O)N3CCCCC3)cc12. The molecule has 0 unspecified atom stereocenters. The number of fused-ring (bicyclic) bond motifs is 1. The molecule has 0 bridgehead atoms. The van der Waals surface area contributed by atoms with Crippen molar-refractivity contribution in [3.63, 3.8) is 0 Å². The van der Waals surface area contributed by atoms with E-state index < -0.39 is 10.0 Å². The van der Waals surface area contributed by atoms with Crippen molar-refractivity contribution in [3.8, 4) is 0 Å². The molecule has 164 valence electrons. The number of benzene rings is 2. The number of piperidine rings is 1. The number of amides is 1. The minimum absolute atomic E-state index is 0.207. The molecule has 1 amide bonds. The Balaban J connectivity index is 1.50. The van der Waals surface area contributed by atoms with E-state index in [-0.39, 0.29) is 16.6 Å². The highest BCUT2D eigenvalue weighted by molar-refractivity contribution is 7.89. The van der Waals surface area contributed by atoms with Crippen molar-refractivity contribution in [1.29, 1.82) is 0 Å². The Morgan fingerprint density at radius 2 is 1.81 bits per heavy atom. The second-order valence-corrected chi connectivity index (χ2v) is 10.2. The van der Waals surface area contributed by atoms with E-state index in [2.05, 4.69) is 5.32 Å². The van der Waals surface area contributed by atoms with Crippen LogP contribution in [0.3, 0.4) is 0 Å². The van der Waals surface area contributed by atoms with Crippen LogP contribution in [0.25, 0.3) is 11.0 Å². The van der Waals surface area contributed by atoms with E-state index in [9.17, 15) is 13.2 Å². The quantitative estimate of drug-likeness (QED) is 0.585. The maximum absolute atomic E-state index is 13.0. The van der Waals surface area contributed by atoms with Gasteiger partial charge in [0.15, 0.2) is 5.76 Å². The predicted molar refractivity (Wildman–Crippen MR) is 121 cm³/mol. The summed E-state index contributed by atoms with van der Waals surface area (Å²) in [6.07, 6.45) is 3.49. The minimum atomic E-state index is -3.55. The van der Waals surface area contributed by atoms with Gasteiger partial charge >= 0.3 is 0 Å². The molecule has 1 aliphatic heterocycles. The number of nitrogens with zero attached hydrogens (tertiary/aromatic N) is 1. The van der Waals surface area contributed by atoms with Gasteiger partial charge in [-0.05, 0) is 62.1 Å². The molecule has 0 saturated carbocycles. The predicted octanol–water partition coefficient (Wildman–Crippen LogP) is 4.54. The van der Waals surface area contributed by atoms with Crippen LogP contribution in [0.15, 0.2) is 51.8 Å². The van der Waals surface area contributed by atoms with E-state index in [0.29, 0.717) is 47.6 Å². The largest absolute Gasteiger partial charge is 0.451 e. The fourth-order valence-corrected chi connectivity index (χ4v) is 5.55. The van der Waals surface area contributed by atoms with Crippen LogP contribution in [0, 0.1) is 6.92 Å². The molecule has 0 atom stereocenters. The molecule has 1 N–H and O–H groups in total. The fourth-order valence-electron chi connectivity index (χ4n) is 3.88. The Bertz CT molecular complexity index is 1200. The molecule has 0 spiro atoms. The lowest BCUT2D eigenvalue weighted by Gasteiger charge is -2.25. The maximum atomic E-state index is 13.0. The van der Waals surface area contributed by atoms with Gasteiger partial charge in [0, 0.05) is 35.6 Å². The molecule has 1 aliphatic rings. The number of furan rings is 1. The summed E-state index contributed by atoms with van der Waals surface area (Å²) in [6.45, 7) is 3.32. The molecule has 4 rings (SSSR count). The Hall–Kier alpha value is -2.35. The number of carbonyl (C=O) groups is 1. The van der Waals surface area contributed by atoms with Crippen molar-refractivity contribution >= 4 is 38.5 Å². The fraction of sp³-hybridized carbons (Fsp3) is 0.348. The van der Waals surface area contributed by atoms with Crippen molar-refractivity contribution in [2.75, 3.05) is 19.6 Å². The van der Waals surface area contributed by atoms with Crippen LogP contribution in [0.2, 0.25) is 5.02 Å². The van der Waals surface area contributed by atoms with Crippen LogP contribution in [-0.2, 0) is 16.4 Å². The Morgan fingerprint density at radius 3 is 2.52 bits per heavy atom. The van der Waals surface area contributed by atoms with Gasteiger partial charge in [0.05, 0.1) is 4.90 Å². The van der Waals surface area contributed by atoms with Gasteiger partial charge < -0.3 is 9.73 Å². The summed E-state index contributed by atoms with van der Waals surface area (Å²) in [5, 5.41) is 4.18. The van der Waals surface area contributed by atoms with Crippen molar-refractivity contribution in [2.45, 2.75) is 37.5 Å². The third kappa shape index (κ3) is 4.63. The second kappa shape index (κ2) is 9.02. The van der Waals surface area contributed by atoms with Crippen molar-refractivity contribution < 1.29 is 17.6 Å². The number of sulfonamides is 1. The van der Waals surface area contributed by atoms with Gasteiger partial charge in [0.1, 0.15) is 5.58 Å². The third-order valence-electron chi connectivity index (χ3n) is 5.68. The summed E-state index contributed by atoms with van der Waals surface area (Å²) in [5.74, 6) is -0.110. The average molecular weight is 461 g/mol. The molecule has 3 aromatic rings. The Labute approximate surface area is 187 Å². The van der Waals surface area contributed by atoms with Crippen LogP contribution >= 0.6 is 11.6 Å². The summed E-state index contributed by atoms with van der Waals surface area (Å²) >= 11 is 5.89. The van der Waals surface area contributed by atoms with E-state index in [1.165, 1.54) is 4.31 Å². The summed E-state index contributed by atoms with van der Waals surface area (Å²) in [5.41, 5.74) is 2.20. The molecular formula is C23H25ClN2O4S. The van der Waals surface area contributed by atoms with Gasteiger partial charge in [-0.15, -0.1) is 0 Å². The number of nitrogens with one attached hydrogen (secondary N) is 1. The van der Waals surface area contributed by atoms with Crippen molar-refractivity contribution in [2.24, 2.45) is 0 Å². The van der Waals surface area contributed by atoms with Gasteiger partial charge in [-0.2, -0.15) is 4.31 Å². The van der Waals surface area contributed by atoms with Gasteiger partial charge in [0.2, 0.25) is 10.0 Å². The summed E-state index contributed by atoms with van der Waals surface area (Å²) in [6, 6.07) is 12.3. The normalized spacial score (nSPS) is 15.3.